The Morgan fingerprint density at radius 1 is 1.19 bits per heavy atom. The molecule has 27 heavy (non-hydrogen) atoms. The van der Waals surface area contributed by atoms with Crippen LogP contribution in [0.4, 0.5) is 15.8 Å². The lowest BCUT2D eigenvalue weighted by Gasteiger charge is -2.36. The zero-order valence-corrected chi connectivity index (χ0v) is 16.2. The highest BCUT2D eigenvalue weighted by Crippen LogP contribution is 2.30. The molecule has 0 fully saturated rings. The van der Waals surface area contributed by atoms with E-state index in [4.69, 9.17) is 0 Å². The summed E-state index contributed by atoms with van der Waals surface area (Å²) in [5.41, 5.74) is 2.20. The van der Waals surface area contributed by atoms with Crippen LogP contribution in [0.1, 0.15) is 25.3 Å². The molecular formula is C20H23FN2O3S. The Hall–Kier alpha value is -2.41. The first-order valence-corrected chi connectivity index (χ1v) is 10.8. The van der Waals surface area contributed by atoms with Crippen molar-refractivity contribution in [2.75, 3.05) is 22.0 Å². The van der Waals surface area contributed by atoms with Crippen molar-refractivity contribution >= 4 is 27.3 Å². The summed E-state index contributed by atoms with van der Waals surface area (Å²) in [4.78, 5) is 15.0. The van der Waals surface area contributed by atoms with Crippen LogP contribution in [0, 0.1) is 5.82 Å². The Balaban J connectivity index is 2.01. The Morgan fingerprint density at radius 3 is 2.48 bits per heavy atom. The molecule has 1 heterocycles. The molecule has 0 aliphatic carbocycles. The molecule has 144 valence electrons. The van der Waals surface area contributed by atoms with E-state index in [9.17, 15) is 17.6 Å². The average Bonchev–Trinajstić information content (AvgIpc) is 2.65. The van der Waals surface area contributed by atoms with Crippen LogP contribution in [0.3, 0.4) is 0 Å². The molecule has 7 heteroatoms. The van der Waals surface area contributed by atoms with Crippen LogP contribution >= 0.6 is 0 Å². The summed E-state index contributed by atoms with van der Waals surface area (Å²) in [6.45, 7) is 2.33. The van der Waals surface area contributed by atoms with Crippen molar-refractivity contribution in [3.05, 3.63) is 59.9 Å². The van der Waals surface area contributed by atoms with Crippen molar-refractivity contribution in [1.82, 2.24) is 0 Å². The molecule has 1 atom stereocenters. The quantitative estimate of drug-likeness (QED) is 0.787. The van der Waals surface area contributed by atoms with Gasteiger partial charge in [-0.25, -0.2) is 12.8 Å². The van der Waals surface area contributed by atoms with Crippen molar-refractivity contribution in [2.45, 2.75) is 32.2 Å². The maximum atomic E-state index is 13.4. The minimum atomic E-state index is -3.74. The lowest BCUT2D eigenvalue weighted by molar-refractivity contribution is -0.119. The van der Waals surface area contributed by atoms with E-state index in [1.165, 1.54) is 24.3 Å². The standard InChI is InChI=1S/C20H23FN2O3S/c1-3-18(23(27(2,25)26)17-12-10-16(21)11-13-17)20(24)22-14-6-8-15-7-4-5-9-19(15)22/h4-5,7,9-13,18H,3,6,8,14H2,1-2H3/t18-/m0/s1. The molecular weight excluding hydrogens is 367 g/mol. The summed E-state index contributed by atoms with van der Waals surface area (Å²) in [5.74, 6) is -0.726. The Kier molecular flexibility index (Phi) is 5.51. The number of halogens is 1. The fourth-order valence-corrected chi connectivity index (χ4v) is 4.78. The summed E-state index contributed by atoms with van der Waals surface area (Å²) in [6, 6.07) is 12.0. The first-order chi connectivity index (χ1) is 12.8. The van der Waals surface area contributed by atoms with Crippen molar-refractivity contribution < 1.29 is 17.6 Å². The van der Waals surface area contributed by atoms with Crippen LogP contribution in [-0.4, -0.2) is 33.2 Å². The number of carbonyl (C=O) groups excluding carboxylic acids is 1. The second kappa shape index (κ2) is 7.68. The van der Waals surface area contributed by atoms with E-state index in [1.807, 2.05) is 24.3 Å². The minimum Gasteiger partial charge on any atom is -0.310 e. The van der Waals surface area contributed by atoms with E-state index in [1.54, 1.807) is 11.8 Å². The Bertz CT molecular complexity index is 928. The van der Waals surface area contributed by atoms with Crippen LogP contribution in [0.5, 0.6) is 0 Å². The number of nitrogens with zero attached hydrogens (tertiary/aromatic N) is 2. The normalized spacial score (nSPS) is 15.1. The van der Waals surface area contributed by atoms with Gasteiger partial charge in [-0.1, -0.05) is 25.1 Å². The predicted octanol–water partition coefficient (Wildman–Crippen LogP) is 3.35. The smallest absolute Gasteiger partial charge is 0.250 e. The van der Waals surface area contributed by atoms with Crippen LogP contribution in [0.15, 0.2) is 48.5 Å². The van der Waals surface area contributed by atoms with Crippen molar-refractivity contribution in [3.63, 3.8) is 0 Å². The number of anilines is 2. The van der Waals surface area contributed by atoms with Gasteiger partial charge < -0.3 is 4.90 Å². The van der Waals surface area contributed by atoms with Gasteiger partial charge in [0, 0.05) is 12.2 Å². The summed E-state index contributed by atoms with van der Waals surface area (Å²) >= 11 is 0. The van der Waals surface area contributed by atoms with E-state index >= 15 is 0 Å². The zero-order chi connectivity index (χ0) is 19.6. The van der Waals surface area contributed by atoms with E-state index in [0.29, 0.717) is 13.0 Å². The van der Waals surface area contributed by atoms with Gasteiger partial charge >= 0.3 is 0 Å². The van der Waals surface area contributed by atoms with Crippen molar-refractivity contribution in [1.29, 1.82) is 0 Å². The SMILES string of the molecule is CC[C@@H](C(=O)N1CCCc2ccccc21)N(c1ccc(F)cc1)S(C)(=O)=O. The van der Waals surface area contributed by atoms with Gasteiger partial charge in [0.15, 0.2) is 0 Å². The second-order valence-corrected chi connectivity index (χ2v) is 8.54. The molecule has 5 nitrogen and oxygen atoms in total. The van der Waals surface area contributed by atoms with Crippen LogP contribution in [0.2, 0.25) is 0 Å². The summed E-state index contributed by atoms with van der Waals surface area (Å²) in [6.07, 6.45) is 3.09. The predicted molar refractivity (Wildman–Crippen MR) is 105 cm³/mol. The van der Waals surface area contributed by atoms with E-state index in [0.717, 1.165) is 34.7 Å². The third kappa shape index (κ3) is 3.98. The number of amides is 1. The molecule has 1 aliphatic rings. The van der Waals surface area contributed by atoms with Crippen LogP contribution in [-0.2, 0) is 21.2 Å². The fraction of sp³-hybridized carbons (Fsp3) is 0.350. The number of sulfonamides is 1. The van der Waals surface area contributed by atoms with E-state index in [2.05, 4.69) is 0 Å². The second-order valence-electron chi connectivity index (χ2n) is 6.68. The largest absolute Gasteiger partial charge is 0.310 e. The highest BCUT2D eigenvalue weighted by atomic mass is 32.2. The summed E-state index contributed by atoms with van der Waals surface area (Å²) in [7, 11) is -3.74. The van der Waals surface area contributed by atoms with Gasteiger partial charge in [-0.2, -0.15) is 0 Å². The van der Waals surface area contributed by atoms with E-state index < -0.39 is 21.9 Å². The Morgan fingerprint density at radius 2 is 1.85 bits per heavy atom. The van der Waals surface area contributed by atoms with Gasteiger partial charge in [0.2, 0.25) is 10.0 Å². The average molecular weight is 390 g/mol. The number of benzene rings is 2. The summed E-state index contributed by atoms with van der Waals surface area (Å²) in [5, 5.41) is 0. The Labute approximate surface area is 159 Å². The molecule has 1 amide bonds. The monoisotopic (exact) mass is 390 g/mol. The molecule has 3 rings (SSSR count). The number of carbonyl (C=O) groups is 1. The minimum absolute atomic E-state index is 0.264. The highest BCUT2D eigenvalue weighted by Gasteiger charge is 2.36. The topological polar surface area (TPSA) is 57.7 Å². The molecule has 2 aromatic carbocycles. The zero-order valence-electron chi connectivity index (χ0n) is 15.4. The molecule has 0 unspecified atom stereocenters. The lowest BCUT2D eigenvalue weighted by Crippen LogP contribution is -2.52. The number of hydrogen-bond acceptors (Lipinski definition) is 3. The molecule has 2 aromatic rings. The van der Waals surface area contributed by atoms with Gasteiger partial charge in [-0.15, -0.1) is 0 Å². The van der Waals surface area contributed by atoms with Crippen molar-refractivity contribution in [2.24, 2.45) is 0 Å². The molecule has 0 N–H and O–H groups in total. The number of hydrogen-bond donors (Lipinski definition) is 0. The molecule has 0 spiro atoms. The molecule has 0 saturated carbocycles. The van der Waals surface area contributed by atoms with Gasteiger partial charge in [0.1, 0.15) is 11.9 Å². The number of para-hydroxylation sites is 1. The summed E-state index contributed by atoms with van der Waals surface area (Å²) < 4.78 is 39.4. The van der Waals surface area contributed by atoms with Crippen molar-refractivity contribution in [3.8, 4) is 0 Å². The molecule has 0 saturated heterocycles. The third-order valence-corrected chi connectivity index (χ3v) is 5.95. The van der Waals surface area contributed by atoms with Gasteiger partial charge in [0.05, 0.1) is 11.9 Å². The number of fused-ring (bicyclic) bond motifs is 1. The van der Waals surface area contributed by atoms with Gasteiger partial charge in [0.25, 0.3) is 5.91 Å². The highest BCUT2D eigenvalue weighted by molar-refractivity contribution is 7.92. The number of aryl methyl sites for hydroxylation is 1. The fourth-order valence-electron chi connectivity index (χ4n) is 3.57. The van der Waals surface area contributed by atoms with Gasteiger partial charge in [-0.05, 0) is 55.2 Å². The molecule has 1 aliphatic heterocycles. The van der Waals surface area contributed by atoms with Gasteiger partial charge in [-0.3, -0.25) is 9.10 Å². The number of rotatable bonds is 5. The van der Waals surface area contributed by atoms with Crippen LogP contribution in [0.25, 0.3) is 0 Å². The molecule has 0 bridgehead atoms. The first-order valence-electron chi connectivity index (χ1n) is 8.97. The van der Waals surface area contributed by atoms with E-state index in [-0.39, 0.29) is 11.6 Å². The molecule has 0 radical (unpaired) electrons. The lowest BCUT2D eigenvalue weighted by atomic mass is 10.0. The maximum absolute atomic E-state index is 13.4. The maximum Gasteiger partial charge on any atom is 0.250 e. The third-order valence-electron chi connectivity index (χ3n) is 4.77. The van der Waals surface area contributed by atoms with Crippen LogP contribution < -0.4 is 9.21 Å². The first kappa shape index (κ1) is 19.4. The molecule has 0 aromatic heterocycles.